The van der Waals surface area contributed by atoms with Crippen molar-refractivity contribution in [2.75, 3.05) is 46.6 Å². The maximum Gasteiger partial charge on any atom is 0.127 e. The van der Waals surface area contributed by atoms with Crippen molar-refractivity contribution in [1.82, 2.24) is 5.32 Å². The van der Waals surface area contributed by atoms with E-state index < -0.39 is 0 Å². The second-order valence-corrected chi connectivity index (χ2v) is 4.19. The lowest BCUT2D eigenvalue weighted by Gasteiger charge is -2.10. The summed E-state index contributed by atoms with van der Waals surface area (Å²) in [6.07, 6.45) is 0. The number of ether oxygens (including phenoxy) is 3. The highest BCUT2D eigenvalue weighted by Gasteiger charge is 2.03. The van der Waals surface area contributed by atoms with E-state index in [1.54, 1.807) is 19.2 Å². The SMILES string of the molecule is CC.COc1cc(O)ccc1CNCCOCCOCCN. The van der Waals surface area contributed by atoms with E-state index in [-0.39, 0.29) is 5.75 Å². The first-order valence-electron chi connectivity index (χ1n) is 7.70. The fourth-order valence-corrected chi connectivity index (χ4v) is 1.65. The first-order chi connectivity index (χ1) is 10.8. The van der Waals surface area contributed by atoms with Crippen LogP contribution in [0.2, 0.25) is 0 Å². The van der Waals surface area contributed by atoms with Crippen LogP contribution in [0.5, 0.6) is 11.5 Å². The van der Waals surface area contributed by atoms with Crippen molar-refractivity contribution < 1.29 is 19.3 Å². The molecule has 1 aromatic carbocycles. The number of nitrogens with two attached hydrogens (primary N) is 1. The van der Waals surface area contributed by atoms with Crippen molar-refractivity contribution in [3.05, 3.63) is 23.8 Å². The number of phenols is 1. The molecule has 6 heteroatoms. The van der Waals surface area contributed by atoms with Crippen LogP contribution in [0, 0.1) is 0 Å². The molecule has 0 aromatic heterocycles. The van der Waals surface area contributed by atoms with E-state index in [2.05, 4.69) is 5.32 Å². The molecule has 0 aliphatic rings. The molecule has 0 bridgehead atoms. The Labute approximate surface area is 133 Å². The van der Waals surface area contributed by atoms with Crippen molar-refractivity contribution in [3.8, 4) is 11.5 Å². The Morgan fingerprint density at radius 2 is 1.77 bits per heavy atom. The van der Waals surface area contributed by atoms with E-state index >= 15 is 0 Å². The lowest BCUT2D eigenvalue weighted by Crippen LogP contribution is -2.21. The maximum atomic E-state index is 9.36. The first kappa shape index (κ1) is 20.7. The smallest absolute Gasteiger partial charge is 0.127 e. The Morgan fingerprint density at radius 1 is 1.09 bits per heavy atom. The minimum Gasteiger partial charge on any atom is -0.508 e. The van der Waals surface area contributed by atoms with E-state index in [0.29, 0.717) is 45.3 Å². The normalized spacial score (nSPS) is 10.0. The van der Waals surface area contributed by atoms with E-state index in [4.69, 9.17) is 19.9 Å². The van der Waals surface area contributed by atoms with E-state index in [1.165, 1.54) is 0 Å². The summed E-state index contributed by atoms with van der Waals surface area (Å²) in [6, 6.07) is 5.08. The molecule has 128 valence electrons. The predicted molar refractivity (Wildman–Crippen MR) is 88.4 cm³/mol. The molecule has 4 N–H and O–H groups in total. The van der Waals surface area contributed by atoms with Crippen molar-refractivity contribution in [2.45, 2.75) is 20.4 Å². The molecule has 0 saturated heterocycles. The van der Waals surface area contributed by atoms with Crippen LogP contribution in [0.25, 0.3) is 0 Å². The molecule has 0 atom stereocenters. The molecule has 22 heavy (non-hydrogen) atoms. The summed E-state index contributed by atoms with van der Waals surface area (Å²) in [5.41, 5.74) is 6.29. The number of aromatic hydroxyl groups is 1. The highest BCUT2D eigenvalue weighted by molar-refractivity contribution is 5.39. The number of phenolic OH excluding ortho intramolecular Hbond substituents is 1. The van der Waals surface area contributed by atoms with Gasteiger partial charge in [-0.1, -0.05) is 19.9 Å². The Hall–Kier alpha value is -1.34. The third kappa shape index (κ3) is 9.57. The summed E-state index contributed by atoms with van der Waals surface area (Å²) in [7, 11) is 1.59. The van der Waals surface area contributed by atoms with Crippen LogP contribution in [0.15, 0.2) is 18.2 Å². The highest BCUT2D eigenvalue weighted by atomic mass is 16.5. The van der Waals surface area contributed by atoms with Gasteiger partial charge in [0.2, 0.25) is 0 Å². The monoisotopic (exact) mass is 314 g/mol. The highest BCUT2D eigenvalue weighted by Crippen LogP contribution is 2.23. The summed E-state index contributed by atoms with van der Waals surface area (Å²) in [4.78, 5) is 0. The summed E-state index contributed by atoms with van der Waals surface area (Å²) in [5, 5.41) is 12.6. The quantitative estimate of drug-likeness (QED) is 0.537. The summed E-state index contributed by atoms with van der Waals surface area (Å²) >= 11 is 0. The number of nitrogens with one attached hydrogen (secondary N) is 1. The van der Waals surface area contributed by atoms with Crippen LogP contribution < -0.4 is 15.8 Å². The molecule has 0 heterocycles. The molecular formula is C16H30N2O4. The van der Waals surface area contributed by atoms with Crippen LogP contribution >= 0.6 is 0 Å². The largest absolute Gasteiger partial charge is 0.508 e. The lowest BCUT2D eigenvalue weighted by molar-refractivity contribution is 0.0518. The number of benzene rings is 1. The summed E-state index contributed by atoms with van der Waals surface area (Å²) in [6.45, 7) is 8.27. The average Bonchev–Trinajstić information content (AvgIpc) is 2.56. The Balaban J connectivity index is 0.00000211. The van der Waals surface area contributed by atoms with Gasteiger partial charge in [-0.2, -0.15) is 0 Å². The van der Waals surface area contributed by atoms with Gasteiger partial charge in [0, 0.05) is 31.3 Å². The number of methoxy groups -OCH3 is 1. The van der Waals surface area contributed by atoms with Gasteiger partial charge in [-0.3, -0.25) is 0 Å². The molecule has 0 unspecified atom stereocenters. The number of hydrogen-bond donors (Lipinski definition) is 3. The molecule has 6 nitrogen and oxygen atoms in total. The first-order valence-corrected chi connectivity index (χ1v) is 7.70. The lowest BCUT2D eigenvalue weighted by atomic mass is 10.2. The number of rotatable bonds is 11. The van der Waals surface area contributed by atoms with Crippen LogP contribution in [0.1, 0.15) is 19.4 Å². The summed E-state index contributed by atoms with van der Waals surface area (Å²) in [5.74, 6) is 0.875. The fourth-order valence-electron chi connectivity index (χ4n) is 1.65. The molecule has 1 rings (SSSR count). The maximum absolute atomic E-state index is 9.36. The molecule has 0 aliphatic heterocycles. The van der Waals surface area contributed by atoms with Gasteiger partial charge >= 0.3 is 0 Å². The van der Waals surface area contributed by atoms with Crippen molar-refractivity contribution in [2.24, 2.45) is 5.73 Å². The van der Waals surface area contributed by atoms with Gasteiger partial charge in [0.15, 0.2) is 0 Å². The van der Waals surface area contributed by atoms with Gasteiger partial charge < -0.3 is 30.4 Å². The van der Waals surface area contributed by atoms with E-state index in [9.17, 15) is 5.11 Å². The van der Waals surface area contributed by atoms with Gasteiger partial charge in [0.25, 0.3) is 0 Å². The minimum atomic E-state index is 0.200. The third-order valence-corrected chi connectivity index (χ3v) is 2.64. The van der Waals surface area contributed by atoms with Gasteiger partial charge in [0.1, 0.15) is 11.5 Å². The van der Waals surface area contributed by atoms with Crippen LogP contribution in [0.4, 0.5) is 0 Å². The Bertz CT molecular complexity index is 375. The molecular weight excluding hydrogens is 284 g/mol. The second kappa shape index (κ2) is 14.6. The minimum absolute atomic E-state index is 0.200. The van der Waals surface area contributed by atoms with Crippen molar-refractivity contribution in [3.63, 3.8) is 0 Å². The fraction of sp³-hybridized carbons (Fsp3) is 0.625. The average molecular weight is 314 g/mol. The van der Waals surface area contributed by atoms with Gasteiger partial charge in [-0.05, 0) is 6.07 Å². The van der Waals surface area contributed by atoms with E-state index in [1.807, 2.05) is 19.9 Å². The standard InChI is InChI=1S/C14H24N2O4.C2H6/c1-18-14-10-13(17)3-2-12(14)11-16-5-7-20-9-8-19-6-4-15;1-2/h2-3,10,16-17H,4-9,11,15H2,1H3;1-2H3. The molecule has 0 saturated carbocycles. The van der Waals surface area contributed by atoms with E-state index in [0.717, 1.165) is 12.1 Å². The Kier molecular flexibility index (Phi) is 13.7. The van der Waals surface area contributed by atoms with Gasteiger partial charge in [-0.25, -0.2) is 0 Å². The zero-order valence-corrected chi connectivity index (χ0v) is 13.9. The molecule has 0 radical (unpaired) electrons. The zero-order chi connectivity index (χ0) is 16.6. The molecule has 0 spiro atoms. The zero-order valence-electron chi connectivity index (χ0n) is 13.9. The van der Waals surface area contributed by atoms with Gasteiger partial charge in [-0.15, -0.1) is 0 Å². The Morgan fingerprint density at radius 3 is 2.41 bits per heavy atom. The molecule has 1 aromatic rings. The summed E-state index contributed by atoms with van der Waals surface area (Å²) < 4.78 is 15.8. The van der Waals surface area contributed by atoms with Crippen molar-refractivity contribution >= 4 is 0 Å². The van der Waals surface area contributed by atoms with Crippen LogP contribution in [0.3, 0.4) is 0 Å². The van der Waals surface area contributed by atoms with Crippen LogP contribution in [-0.4, -0.2) is 51.7 Å². The van der Waals surface area contributed by atoms with Crippen molar-refractivity contribution in [1.29, 1.82) is 0 Å². The van der Waals surface area contributed by atoms with Gasteiger partial charge in [0.05, 0.1) is 33.5 Å². The molecule has 0 aliphatic carbocycles. The molecule has 0 fully saturated rings. The van der Waals surface area contributed by atoms with Crippen LogP contribution in [-0.2, 0) is 16.0 Å². The second-order valence-electron chi connectivity index (χ2n) is 4.19. The number of hydrogen-bond acceptors (Lipinski definition) is 6. The topological polar surface area (TPSA) is 86.0 Å². The molecule has 0 amide bonds. The predicted octanol–water partition coefficient (Wildman–Crippen LogP) is 1.51. The third-order valence-electron chi connectivity index (χ3n) is 2.64.